The molecule has 1 N–H and O–H groups in total. The van der Waals surface area contributed by atoms with Gasteiger partial charge in [-0.2, -0.15) is 0 Å². The standard InChI is InChI=1S/C13H18O4/c1-13(2,3)9-6-8(12(14)15)10(16-4)7-11(9)17-5/h6-7H,1-5H3,(H,14,15). The fourth-order valence-corrected chi connectivity index (χ4v) is 1.65. The van der Waals surface area contributed by atoms with E-state index in [2.05, 4.69) is 0 Å². The highest BCUT2D eigenvalue weighted by atomic mass is 16.5. The van der Waals surface area contributed by atoms with Crippen molar-refractivity contribution in [3.8, 4) is 11.5 Å². The van der Waals surface area contributed by atoms with Gasteiger partial charge in [-0.15, -0.1) is 0 Å². The lowest BCUT2D eigenvalue weighted by atomic mass is 9.85. The van der Waals surface area contributed by atoms with E-state index in [-0.39, 0.29) is 11.0 Å². The lowest BCUT2D eigenvalue weighted by Gasteiger charge is -2.23. The molecule has 0 aliphatic carbocycles. The second kappa shape index (κ2) is 4.65. The number of aromatic carboxylic acids is 1. The van der Waals surface area contributed by atoms with Crippen molar-refractivity contribution in [3.05, 3.63) is 23.3 Å². The summed E-state index contributed by atoms with van der Waals surface area (Å²) in [5.41, 5.74) is 0.804. The molecule has 0 aliphatic rings. The van der Waals surface area contributed by atoms with Gasteiger partial charge in [-0.25, -0.2) is 4.79 Å². The number of hydrogen-bond donors (Lipinski definition) is 1. The van der Waals surface area contributed by atoms with E-state index in [9.17, 15) is 4.79 Å². The Labute approximate surface area is 101 Å². The molecule has 94 valence electrons. The monoisotopic (exact) mass is 238 g/mol. The van der Waals surface area contributed by atoms with Crippen LogP contribution in [-0.2, 0) is 5.41 Å². The minimum atomic E-state index is -1.00. The van der Waals surface area contributed by atoms with Gasteiger partial charge in [-0.1, -0.05) is 20.8 Å². The summed E-state index contributed by atoms with van der Waals surface area (Å²) >= 11 is 0. The van der Waals surface area contributed by atoms with Gasteiger partial charge < -0.3 is 14.6 Å². The van der Waals surface area contributed by atoms with Crippen molar-refractivity contribution in [2.24, 2.45) is 0 Å². The van der Waals surface area contributed by atoms with Crippen LogP contribution in [0.2, 0.25) is 0 Å². The zero-order chi connectivity index (χ0) is 13.2. The molecule has 1 rings (SSSR count). The van der Waals surface area contributed by atoms with Crippen LogP contribution < -0.4 is 9.47 Å². The second-order valence-electron chi connectivity index (χ2n) is 4.81. The van der Waals surface area contributed by atoms with Crippen molar-refractivity contribution in [1.82, 2.24) is 0 Å². The third-order valence-corrected chi connectivity index (χ3v) is 2.56. The van der Waals surface area contributed by atoms with Gasteiger partial charge in [-0.05, 0) is 11.5 Å². The molecule has 0 atom stereocenters. The molecule has 0 aliphatic heterocycles. The predicted octanol–water partition coefficient (Wildman–Crippen LogP) is 2.70. The molecule has 1 aromatic carbocycles. The smallest absolute Gasteiger partial charge is 0.339 e. The van der Waals surface area contributed by atoms with Crippen molar-refractivity contribution >= 4 is 5.97 Å². The highest BCUT2D eigenvalue weighted by Crippen LogP contribution is 2.36. The van der Waals surface area contributed by atoms with Gasteiger partial charge >= 0.3 is 5.97 Å². The minimum absolute atomic E-state index is 0.151. The van der Waals surface area contributed by atoms with Crippen molar-refractivity contribution < 1.29 is 19.4 Å². The van der Waals surface area contributed by atoms with Crippen molar-refractivity contribution in [3.63, 3.8) is 0 Å². The van der Waals surface area contributed by atoms with Gasteiger partial charge in [0.1, 0.15) is 17.1 Å². The largest absolute Gasteiger partial charge is 0.496 e. The molecule has 0 saturated heterocycles. The molecule has 0 unspecified atom stereocenters. The van der Waals surface area contributed by atoms with Gasteiger partial charge in [0.15, 0.2) is 0 Å². The maximum atomic E-state index is 11.1. The zero-order valence-corrected chi connectivity index (χ0v) is 10.8. The molecule has 0 saturated carbocycles. The first-order valence-electron chi connectivity index (χ1n) is 5.31. The molecule has 1 aromatic rings. The SMILES string of the molecule is COc1cc(OC)c(C(C)(C)C)cc1C(=O)O. The first-order valence-corrected chi connectivity index (χ1v) is 5.31. The van der Waals surface area contributed by atoms with Gasteiger partial charge in [0, 0.05) is 11.6 Å². The number of carboxylic acid groups (broad SMARTS) is 1. The summed E-state index contributed by atoms with van der Waals surface area (Å²) < 4.78 is 10.3. The molecule has 17 heavy (non-hydrogen) atoms. The molecule has 0 heterocycles. The lowest BCUT2D eigenvalue weighted by molar-refractivity contribution is 0.0693. The summed E-state index contributed by atoms with van der Waals surface area (Å²) in [6.45, 7) is 6.01. The van der Waals surface area contributed by atoms with E-state index in [4.69, 9.17) is 14.6 Å². The number of hydrogen-bond acceptors (Lipinski definition) is 3. The molecule has 0 radical (unpaired) electrons. The highest BCUT2D eigenvalue weighted by Gasteiger charge is 2.23. The summed E-state index contributed by atoms with van der Waals surface area (Å²) in [7, 11) is 3.00. The number of carbonyl (C=O) groups is 1. The van der Waals surface area contributed by atoms with Crippen LogP contribution >= 0.6 is 0 Å². The van der Waals surface area contributed by atoms with Crippen LogP contribution in [0.3, 0.4) is 0 Å². The van der Waals surface area contributed by atoms with Crippen LogP contribution in [0.25, 0.3) is 0 Å². The van der Waals surface area contributed by atoms with Crippen LogP contribution in [0, 0.1) is 0 Å². The Morgan fingerprint density at radius 1 is 1.12 bits per heavy atom. The topological polar surface area (TPSA) is 55.8 Å². The van der Waals surface area contributed by atoms with Crippen LogP contribution in [-0.4, -0.2) is 25.3 Å². The molecule has 0 fully saturated rings. The Bertz CT molecular complexity index is 430. The maximum absolute atomic E-state index is 11.1. The van der Waals surface area contributed by atoms with Crippen molar-refractivity contribution in [2.45, 2.75) is 26.2 Å². The van der Waals surface area contributed by atoms with E-state index < -0.39 is 5.97 Å². The normalized spacial score (nSPS) is 11.1. The summed E-state index contributed by atoms with van der Waals surface area (Å²) in [5, 5.41) is 9.13. The second-order valence-corrected chi connectivity index (χ2v) is 4.81. The van der Waals surface area contributed by atoms with E-state index in [0.717, 1.165) is 5.56 Å². The third kappa shape index (κ3) is 2.70. The Morgan fingerprint density at radius 3 is 2.00 bits per heavy atom. The molecular formula is C13H18O4. The van der Waals surface area contributed by atoms with E-state index in [1.807, 2.05) is 20.8 Å². The average molecular weight is 238 g/mol. The Morgan fingerprint density at radius 2 is 1.65 bits per heavy atom. The summed E-state index contributed by atoms with van der Waals surface area (Å²) in [6.07, 6.45) is 0. The number of rotatable bonds is 3. The van der Waals surface area contributed by atoms with E-state index in [0.29, 0.717) is 11.5 Å². The van der Waals surface area contributed by atoms with E-state index >= 15 is 0 Å². The quantitative estimate of drug-likeness (QED) is 0.879. The van der Waals surface area contributed by atoms with Crippen LogP contribution in [0.1, 0.15) is 36.7 Å². The minimum Gasteiger partial charge on any atom is -0.496 e. The van der Waals surface area contributed by atoms with Gasteiger partial charge in [-0.3, -0.25) is 0 Å². The van der Waals surface area contributed by atoms with Crippen molar-refractivity contribution in [2.75, 3.05) is 14.2 Å². The number of carboxylic acids is 1. The molecular weight excluding hydrogens is 220 g/mol. The predicted molar refractivity (Wildman–Crippen MR) is 65.2 cm³/mol. The Balaban J connectivity index is 3.50. The van der Waals surface area contributed by atoms with Gasteiger partial charge in [0.2, 0.25) is 0 Å². The number of methoxy groups -OCH3 is 2. The first-order chi connectivity index (χ1) is 7.81. The molecule has 4 heteroatoms. The Kier molecular flexibility index (Phi) is 3.66. The van der Waals surface area contributed by atoms with Crippen LogP contribution in [0.15, 0.2) is 12.1 Å². The fraction of sp³-hybridized carbons (Fsp3) is 0.462. The van der Waals surface area contributed by atoms with Crippen LogP contribution in [0.4, 0.5) is 0 Å². The van der Waals surface area contributed by atoms with Crippen LogP contribution in [0.5, 0.6) is 11.5 Å². The molecule has 0 spiro atoms. The highest BCUT2D eigenvalue weighted by molar-refractivity contribution is 5.91. The van der Waals surface area contributed by atoms with E-state index in [1.54, 1.807) is 19.2 Å². The number of ether oxygens (including phenoxy) is 2. The lowest BCUT2D eigenvalue weighted by Crippen LogP contribution is -2.15. The summed E-state index contributed by atoms with van der Waals surface area (Å²) in [6, 6.07) is 3.23. The fourth-order valence-electron chi connectivity index (χ4n) is 1.65. The molecule has 4 nitrogen and oxygen atoms in total. The zero-order valence-electron chi connectivity index (χ0n) is 10.8. The molecule has 0 aromatic heterocycles. The van der Waals surface area contributed by atoms with Gasteiger partial charge in [0.25, 0.3) is 0 Å². The van der Waals surface area contributed by atoms with E-state index in [1.165, 1.54) is 7.11 Å². The van der Waals surface area contributed by atoms with Gasteiger partial charge in [0.05, 0.1) is 14.2 Å². The summed E-state index contributed by atoms with van der Waals surface area (Å²) in [4.78, 5) is 11.1. The average Bonchev–Trinajstić information content (AvgIpc) is 2.25. The third-order valence-electron chi connectivity index (χ3n) is 2.56. The summed E-state index contributed by atoms with van der Waals surface area (Å²) in [5.74, 6) is -0.0586. The number of benzene rings is 1. The Hall–Kier alpha value is -1.71. The molecule has 0 amide bonds. The maximum Gasteiger partial charge on any atom is 0.339 e. The van der Waals surface area contributed by atoms with Crippen molar-refractivity contribution in [1.29, 1.82) is 0 Å². The first kappa shape index (κ1) is 13.4. The molecule has 0 bridgehead atoms.